The normalized spacial score (nSPS) is 20.3. The van der Waals surface area contributed by atoms with Crippen LogP contribution in [0.25, 0.3) is 11.6 Å². The lowest BCUT2D eigenvalue weighted by Gasteiger charge is -2.40. The van der Waals surface area contributed by atoms with Gasteiger partial charge in [0.2, 0.25) is 27.6 Å². The number of furan rings is 1. The second kappa shape index (κ2) is 6.51. The third kappa shape index (κ3) is 3.26. The summed E-state index contributed by atoms with van der Waals surface area (Å²) in [7, 11) is -3.17. The molecule has 0 radical (unpaired) electrons. The first-order chi connectivity index (χ1) is 12.4. The maximum Gasteiger partial charge on any atom is 0.238 e. The second-order valence-electron chi connectivity index (χ2n) is 6.81. The van der Waals surface area contributed by atoms with Crippen molar-refractivity contribution in [2.75, 3.05) is 32.4 Å². The van der Waals surface area contributed by atoms with Crippen molar-refractivity contribution in [1.82, 2.24) is 19.3 Å². The molecule has 9 nitrogen and oxygen atoms in total. The van der Waals surface area contributed by atoms with E-state index in [1.807, 2.05) is 0 Å². The van der Waals surface area contributed by atoms with Crippen LogP contribution in [0.4, 0.5) is 0 Å². The molecule has 2 aromatic heterocycles. The van der Waals surface area contributed by atoms with Crippen molar-refractivity contribution in [2.24, 2.45) is 5.92 Å². The van der Waals surface area contributed by atoms with Crippen LogP contribution < -0.4 is 0 Å². The molecule has 0 unspecified atom stereocenters. The Morgan fingerprint density at radius 2 is 2.00 bits per heavy atom. The first-order valence-electron chi connectivity index (χ1n) is 8.53. The van der Waals surface area contributed by atoms with E-state index in [-0.39, 0.29) is 17.7 Å². The van der Waals surface area contributed by atoms with Gasteiger partial charge in [0.05, 0.1) is 18.4 Å². The largest absolute Gasteiger partial charge is 0.461 e. The standard InChI is InChI=1S/C16H20N4O5S/c1-26(22,23)20-6-4-11(5-7-20)16(21)19-9-12(10-19)15-17-14(18-25-15)13-3-2-8-24-13/h2-3,8,11-12H,4-7,9-10H2,1H3. The number of rotatable bonds is 4. The van der Waals surface area contributed by atoms with Crippen LogP contribution in [-0.4, -0.2) is 66.1 Å². The molecule has 2 aliphatic heterocycles. The fourth-order valence-electron chi connectivity index (χ4n) is 3.41. The van der Waals surface area contributed by atoms with Crippen LogP contribution in [-0.2, 0) is 14.8 Å². The Morgan fingerprint density at radius 3 is 2.62 bits per heavy atom. The Kier molecular flexibility index (Phi) is 4.31. The Morgan fingerprint density at radius 1 is 1.27 bits per heavy atom. The van der Waals surface area contributed by atoms with E-state index in [2.05, 4.69) is 10.1 Å². The highest BCUT2D eigenvalue weighted by atomic mass is 32.2. The highest BCUT2D eigenvalue weighted by molar-refractivity contribution is 7.88. The van der Waals surface area contributed by atoms with Gasteiger partial charge in [0.15, 0.2) is 5.76 Å². The maximum absolute atomic E-state index is 12.6. The van der Waals surface area contributed by atoms with Gasteiger partial charge in [-0.2, -0.15) is 4.98 Å². The Labute approximate surface area is 151 Å². The Balaban J connectivity index is 1.30. The van der Waals surface area contributed by atoms with E-state index in [9.17, 15) is 13.2 Å². The minimum absolute atomic E-state index is 0.0336. The molecule has 0 N–H and O–H groups in total. The summed E-state index contributed by atoms with van der Waals surface area (Å²) in [5, 5.41) is 3.91. The van der Waals surface area contributed by atoms with Gasteiger partial charge in [-0.05, 0) is 25.0 Å². The Hall–Kier alpha value is -2.20. The van der Waals surface area contributed by atoms with Crippen LogP contribution in [0, 0.1) is 5.92 Å². The second-order valence-corrected chi connectivity index (χ2v) is 8.79. The van der Waals surface area contributed by atoms with Crippen molar-refractivity contribution < 1.29 is 22.2 Å². The van der Waals surface area contributed by atoms with Gasteiger partial charge >= 0.3 is 0 Å². The van der Waals surface area contributed by atoms with Gasteiger partial charge in [-0.1, -0.05) is 5.16 Å². The molecule has 0 saturated carbocycles. The summed E-state index contributed by atoms with van der Waals surface area (Å²) in [6.45, 7) is 1.90. The van der Waals surface area contributed by atoms with Gasteiger partial charge in [-0.25, -0.2) is 12.7 Å². The number of sulfonamides is 1. The maximum atomic E-state index is 12.6. The fourth-order valence-corrected chi connectivity index (χ4v) is 4.29. The van der Waals surface area contributed by atoms with Crippen LogP contribution in [0.5, 0.6) is 0 Å². The molecule has 0 aromatic carbocycles. The molecule has 10 heteroatoms. The zero-order valence-electron chi connectivity index (χ0n) is 14.4. The van der Waals surface area contributed by atoms with Gasteiger partial charge in [-0.3, -0.25) is 4.79 Å². The third-order valence-corrected chi connectivity index (χ3v) is 6.30. The molecular formula is C16H20N4O5S. The Bertz CT molecular complexity index is 878. The fraction of sp³-hybridized carbons (Fsp3) is 0.562. The van der Waals surface area contributed by atoms with E-state index in [1.54, 1.807) is 23.3 Å². The first kappa shape index (κ1) is 17.2. The van der Waals surface area contributed by atoms with E-state index >= 15 is 0 Å². The van der Waals surface area contributed by atoms with Crippen molar-refractivity contribution >= 4 is 15.9 Å². The zero-order valence-corrected chi connectivity index (χ0v) is 15.2. The summed E-state index contributed by atoms with van der Waals surface area (Å²) in [5.41, 5.74) is 0. The SMILES string of the molecule is CS(=O)(=O)N1CCC(C(=O)N2CC(c3nc(-c4ccco4)no3)C2)CC1. The molecule has 0 aliphatic carbocycles. The summed E-state index contributed by atoms with van der Waals surface area (Å²) < 4.78 is 35.1. The number of aromatic nitrogens is 2. The molecule has 2 aliphatic rings. The number of nitrogens with zero attached hydrogens (tertiary/aromatic N) is 4. The molecule has 0 spiro atoms. The van der Waals surface area contributed by atoms with Crippen LogP contribution >= 0.6 is 0 Å². The van der Waals surface area contributed by atoms with Crippen LogP contribution in [0.2, 0.25) is 0 Å². The summed E-state index contributed by atoms with van der Waals surface area (Å²) in [6.07, 6.45) is 3.88. The van der Waals surface area contributed by atoms with Gasteiger partial charge in [0.1, 0.15) is 0 Å². The van der Waals surface area contributed by atoms with E-state index in [0.29, 0.717) is 56.5 Å². The van der Waals surface area contributed by atoms with Gasteiger partial charge in [-0.15, -0.1) is 0 Å². The average molecular weight is 380 g/mol. The number of carbonyl (C=O) groups is 1. The van der Waals surface area contributed by atoms with Gasteiger partial charge < -0.3 is 13.8 Å². The monoisotopic (exact) mass is 380 g/mol. The lowest BCUT2D eigenvalue weighted by atomic mass is 9.92. The van der Waals surface area contributed by atoms with E-state index in [0.717, 1.165) is 0 Å². The van der Waals surface area contributed by atoms with E-state index < -0.39 is 10.0 Å². The molecule has 140 valence electrons. The summed E-state index contributed by atoms with van der Waals surface area (Å²) in [6, 6.07) is 3.51. The predicted octanol–water partition coefficient (Wildman–Crippen LogP) is 0.927. The molecular weight excluding hydrogens is 360 g/mol. The molecule has 2 aromatic rings. The number of piperidine rings is 1. The van der Waals surface area contributed by atoms with Crippen molar-refractivity contribution in [3.8, 4) is 11.6 Å². The van der Waals surface area contributed by atoms with Crippen LogP contribution in [0.3, 0.4) is 0 Å². The number of carbonyl (C=O) groups excluding carboxylic acids is 1. The third-order valence-electron chi connectivity index (χ3n) is 5.00. The molecule has 4 rings (SSSR count). The molecule has 0 bridgehead atoms. The van der Waals surface area contributed by atoms with Crippen LogP contribution in [0.15, 0.2) is 27.3 Å². The first-order valence-corrected chi connectivity index (χ1v) is 10.4. The van der Waals surface area contributed by atoms with E-state index in [1.165, 1.54) is 10.6 Å². The molecule has 26 heavy (non-hydrogen) atoms. The number of amides is 1. The molecule has 2 fully saturated rings. The van der Waals surface area contributed by atoms with Crippen molar-refractivity contribution in [3.63, 3.8) is 0 Å². The highest BCUT2D eigenvalue weighted by Gasteiger charge is 2.39. The highest BCUT2D eigenvalue weighted by Crippen LogP contribution is 2.31. The van der Waals surface area contributed by atoms with Gasteiger partial charge in [0.25, 0.3) is 0 Å². The topological polar surface area (TPSA) is 110 Å². The number of hydrogen-bond donors (Lipinski definition) is 0. The average Bonchev–Trinajstić information content (AvgIpc) is 3.24. The number of hydrogen-bond acceptors (Lipinski definition) is 7. The minimum atomic E-state index is -3.17. The molecule has 2 saturated heterocycles. The molecule has 1 amide bonds. The summed E-state index contributed by atoms with van der Waals surface area (Å²) in [4.78, 5) is 18.7. The van der Waals surface area contributed by atoms with Crippen molar-refractivity contribution in [1.29, 1.82) is 0 Å². The summed E-state index contributed by atoms with van der Waals surface area (Å²) in [5.74, 6) is 1.46. The zero-order chi connectivity index (χ0) is 18.3. The smallest absolute Gasteiger partial charge is 0.238 e. The quantitative estimate of drug-likeness (QED) is 0.776. The number of likely N-dealkylation sites (tertiary alicyclic amines) is 1. The lowest BCUT2D eigenvalue weighted by Crippen LogP contribution is -2.52. The van der Waals surface area contributed by atoms with Crippen molar-refractivity contribution in [3.05, 3.63) is 24.3 Å². The molecule has 4 heterocycles. The summed E-state index contributed by atoms with van der Waals surface area (Å²) >= 11 is 0. The minimum Gasteiger partial charge on any atom is -0.461 e. The molecule has 0 atom stereocenters. The van der Waals surface area contributed by atoms with E-state index in [4.69, 9.17) is 8.94 Å². The lowest BCUT2D eigenvalue weighted by molar-refractivity contribution is -0.141. The van der Waals surface area contributed by atoms with Crippen molar-refractivity contribution in [2.45, 2.75) is 18.8 Å². The van der Waals surface area contributed by atoms with Gasteiger partial charge in [0, 0.05) is 32.1 Å². The van der Waals surface area contributed by atoms with Crippen LogP contribution in [0.1, 0.15) is 24.7 Å². The predicted molar refractivity (Wildman–Crippen MR) is 90.5 cm³/mol.